The lowest BCUT2D eigenvalue weighted by atomic mass is 9.94. The number of fused-ring (bicyclic) bond motifs is 3. The van der Waals surface area contributed by atoms with Crippen LogP contribution in [0.15, 0.2) is 54.6 Å². The molecule has 0 aliphatic rings. The van der Waals surface area contributed by atoms with Crippen molar-refractivity contribution in [1.82, 2.24) is 0 Å². The Balaban J connectivity index is 0.00000147. The van der Waals surface area contributed by atoms with Gasteiger partial charge in [0.15, 0.2) is 0 Å². The number of unbranched alkanes of at least 4 members (excludes halogenated alkanes) is 1. The van der Waals surface area contributed by atoms with Gasteiger partial charge in [-0.2, -0.15) is 0 Å². The summed E-state index contributed by atoms with van der Waals surface area (Å²) in [5.74, 6) is 0. The second kappa shape index (κ2) is 6.74. The van der Waals surface area contributed by atoms with Crippen LogP contribution >= 0.6 is 0 Å². The molecule has 0 atom stereocenters. The number of hydrogen-bond donors (Lipinski definition) is 1. The van der Waals surface area contributed by atoms with E-state index in [1.54, 1.807) is 0 Å². The van der Waals surface area contributed by atoms with Crippen molar-refractivity contribution in [2.75, 3.05) is 6.54 Å². The van der Waals surface area contributed by atoms with Gasteiger partial charge in [-0.05, 0) is 46.4 Å². The van der Waals surface area contributed by atoms with Gasteiger partial charge in [-0.3, -0.25) is 0 Å². The van der Waals surface area contributed by atoms with Gasteiger partial charge in [0.25, 0.3) is 0 Å². The third-order valence-corrected chi connectivity index (χ3v) is 3.80. The summed E-state index contributed by atoms with van der Waals surface area (Å²) in [7, 11) is 0. The molecule has 3 rings (SSSR count). The van der Waals surface area contributed by atoms with Gasteiger partial charge in [-0.25, -0.2) is 0 Å². The van der Waals surface area contributed by atoms with Crippen molar-refractivity contribution in [2.45, 2.75) is 19.3 Å². The van der Waals surface area contributed by atoms with E-state index >= 15 is 0 Å². The highest BCUT2D eigenvalue weighted by Gasteiger charge is 2.05. The largest absolute Gasteiger partial charge is 1.00 e. The van der Waals surface area contributed by atoms with Crippen LogP contribution in [-0.4, -0.2) is 6.54 Å². The van der Waals surface area contributed by atoms with E-state index in [1.807, 2.05) is 0 Å². The van der Waals surface area contributed by atoms with Crippen molar-refractivity contribution >= 4 is 21.5 Å². The molecule has 0 radical (unpaired) electrons. The fraction of sp³-hybridized carbons (Fsp3) is 0.222. The van der Waals surface area contributed by atoms with E-state index in [1.165, 1.54) is 39.9 Å². The predicted molar refractivity (Wildman–Crippen MR) is 82.1 cm³/mol. The molecule has 0 aliphatic heterocycles. The zero-order chi connectivity index (χ0) is 13.1. The van der Waals surface area contributed by atoms with Crippen LogP contribution in [0.3, 0.4) is 0 Å². The Morgan fingerprint density at radius 2 is 1.40 bits per heavy atom. The molecule has 0 fully saturated rings. The van der Waals surface area contributed by atoms with Gasteiger partial charge in [-0.15, -0.1) is 0 Å². The first-order valence-corrected chi connectivity index (χ1v) is 7.09. The molecule has 0 heterocycles. The van der Waals surface area contributed by atoms with Crippen molar-refractivity contribution in [3.8, 4) is 0 Å². The predicted octanol–water partition coefficient (Wildman–Crippen LogP) is 0.562. The van der Waals surface area contributed by atoms with Crippen molar-refractivity contribution in [3.63, 3.8) is 0 Å². The van der Waals surface area contributed by atoms with Crippen molar-refractivity contribution in [2.24, 2.45) is 0 Å². The van der Waals surface area contributed by atoms with Gasteiger partial charge in [0.1, 0.15) is 0 Å². The maximum absolute atomic E-state index is 3.93. The van der Waals surface area contributed by atoms with Crippen LogP contribution in [0.2, 0.25) is 0 Å². The Morgan fingerprint density at radius 3 is 2.15 bits per heavy atom. The number of quaternary nitrogens is 1. The SMILES string of the molecule is [Cl-].[NH3+]CCCCc1cc2ccccc2c2ccccc12. The molecule has 3 aromatic carbocycles. The minimum Gasteiger partial charge on any atom is -1.00 e. The molecule has 0 saturated carbocycles. The van der Waals surface area contributed by atoms with Crippen LogP contribution in [0.5, 0.6) is 0 Å². The Bertz CT molecular complexity index is 706. The minimum atomic E-state index is 0. The summed E-state index contributed by atoms with van der Waals surface area (Å²) in [5.41, 5.74) is 5.40. The molecule has 0 aliphatic carbocycles. The minimum absolute atomic E-state index is 0. The summed E-state index contributed by atoms with van der Waals surface area (Å²) >= 11 is 0. The number of rotatable bonds is 4. The molecular weight excluding hydrogens is 266 g/mol. The fourth-order valence-electron chi connectivity index (χ4n) is 2.83. The Hall–Kier alpha value is -1.57. The molecule has 0 spiro atoms. The van der Waals surface area contributed by atoms with E-state index in [2.05, 4.69) is 60.3 Å². The summed E-state index contributed by atoms with van der Waals surface area (Å²) in [6.45, 7) is 1.03. The molecule has 0 unspecified atom stereocenters. The van der Waals surface area contributed by atoms with Crippen LogP contribution < -0.4 is 18.1 Å². The highest BCUT2D eigenvalue weighted by atomic mass is 35.5. The Labute approximate surface area is 126 Å². The maximum atomic E-state index is 3.93. The molecule has 0 amide bonds. The summed E-state index contributed by atoms with van der Waals surface area (Å²) < 4.78 is 0. The van der Waals surface area contributed by atoms with Crippen LogP contribution in [0.4, 0.5) is 0 Å². The topological polar surface area (TPSA) is 27.6 Å². The smallest absolute Gasteiger partial charge is 0.0739 e. The summed E-state index contributed by atoms with van der Waals surface area (Å²) in [6.07, 6.45) is 3.59. The summed E-state index contributed by atoms with van der Waals surface area (Å²) in [5, 5.41) is 5.50. The molecule has 104 valence electrons. The molecule has 20 heavy (non-hydrogen) atoms. The molecule has 0 aromatic heterocycles. The normalized spacial score (nSPS) is 10.7. The lowest BCUT2D eigenvalue weighted by molar-refractivity contribution is -0.368. The summed E-state index contributed by atoms with van der Waals surface area (Å²) in [6, 6.07) is 19.8. The second-order valence-corrected chi connectivity index (χ2v) is 5.11. The molecule has 3 N–H and O–H groups in total. The molecule has 0 saturated heterocycles. The van der Waals surface area contributed by atoms with E-state index in [-0.39, 0.29) is 12.4 Å². The standard InChI is InChI=1S/C18H19N.ClH/c19-12-6-5-8-15-13-14-7-1-2-9-16(14)18-11-4-3-10-17(15)18;/h1-4,7,9-11,13H,5-6,8,12,19H2;1H. The third kappa shape index (κ3) is 2.79. The first-order valence-electron chi connectivity index (χ1n) is 7.09. The highest BCUT2D eigenvalue weighted by Crippen LogP contribution is 2.29. The lowest BCUT2D eigenvalue weighted by Gasteiger charge is -2.10. The Morgan fingerprint density at radius 1 is 0.750 bits per heavy atom. The van der Waals surface area contributed by atoms with Gasteiger partial charge in [0, 0.05) is 0 Å². The molecule has 0 bridgehead atoms. The van der Waals surface area contributed by atoms with Crippen LogP contribution in [0.1, 0.15) is 18.4 Å². The van der Waals surface area contributed by atoms with Crippen molar-refractivity contribution in [3.05, 3.63) is 60.2 Å². The average molecular weight is 286 g/mol. The van der Waals surface area contributed by atoms with E-state index in [0.717, 1.165) is 13.0 Å². The highest BCUT2D eigenvalue weighted by molar-refractivity contribution is 6.08. The molecular formula is C18H20ClN. The van der Waals surface area contributed by atoms with Gasteiger partial charge in [0.2, 0.25) is 0 Å². The molecule has 3 aromatic rings. The number of aryl methyl sites for hydroxylation is 1. The zero-order valence-corrected chi connectivity index (χ0v) is 12.4. The van der Waals surface area contributed by atoms with E-state index in [0.29, 0.717) is 0 Å². The number of benzene rings is 3. The second-order valence-electron chi connectivity index (χ2n) is 5.11. The van der Waals surface area contributed by atoms with Gasteiger partial charge in [0.05, 0.1) is 6.54 Å². The monoisotopic (exact) mass is 285 g/mol. The first kappa shape index (κ1) is 14.8. The maximum Gasteiger partial charge on any atom is 0.0739 e. The lowest BCUT2D eigenvalue weighted by Crippen LogP contribution is -3.00. The van der Waals surface area contributed by atoms with Crippen LogP contribution in [0.25, 0.3) is 21.5 Å². The zero-order valence-electron chi connectivity index (χ0n) is 11.6. The number of hydrogen-bond acceptors (Lipinski definition) is 0. The van der Waals surface area contributed by atoms with Crippen LogP contribution in [-0.2, 0) is 6.42 Å². The Kier molecular flexibility index (Phi) is 4.99. The summed E-state index contributed by atoms with van der Waals surface area (Å²) in [4.78, 5) is 0. The van der Waals surface area contributed by atoms with E-state index in [4.69, 9.17) is 0 Å². The quantitative estimate of drug-likeness (QED) is 0.536. The fourth-order valence-corrected chi connectivity index (χ4v) is 2.83. The van der Waals surface area contributed by atoms with Gasteiger partial charge >= 0.3 is 0 Å². The first-order chi connectivity index (χ1) is 9.40. The third-order valence-electron chi connectivity index (χ3n) is 3.80. The van der Waals surface area contributed by atoms with Crippen LogP contribution in [0, 0.1) is 0 Å². The molecule has 1 nitrogen and oxygen atoms in total. The average Bonchev–Trinajstić information content (AvgIpc) is 2.47. The molecule has 2 heteroatoms. The van der Waals surface area contributed by atoms with Gasteiger partial charge < -0.3 is 18.1 Å². The van der Waals surface area contributed by atoms with Crippen molar-refractivity contribution < 1.29 is 18.1 Å². The van der Waals surface area contributed by atoms with Crippen molar-refractivity contribution in [1.29, 1.82) is 0 Å². The van der Waals surface area contributed by atoms with Gasteiger partial charge in [-0.1, -0.05) is 54.6 Å². The van der Waals surface area contributed by atoms with E-state index < -0.39 is 0 Å². The number of halogens is 1. The van der Waals surface area contributed by atoms with E-state index in [9.17, 15) is 0 Å².